The molecule has 1 heterocycles. The molecule has 1 N–H and O–H groups in total. The molecule has 1 fully saturated rings. The zero-order valence-electron chi connectivity index (χ0n) is 9.27. The highest BCUT2D eigenvalue weighted by Gasteiger charge is 2.27. The van der Waals surface area contributed by atoms with Crippen LogP contribution in [0.25, 0.3) is 0 Å². The van der Waals surface area contributed by atoms with Gasteiger partial charge in [-0.25, -0.2) is 0 Å². The Bertz CT molecular complexity index is 231. The Balaban J connectivity index is 2.40. The van der Waals surface area contributed by atoms with E-state index in [1.54, 1.807) is 6.66 Å². The molecular formula is C9H19O2PS. The van der Waals surface area contributed by atoms with Crippen molar-refractivity contribution < 1.29 is 11.0 Å². The quantitative estimate of drug-likeness (QED) is 0.742. The smallest absolute Gasteiger partial charge is 0.0608 e. The van der Waals surface area contributed by atoms with Gasteiger partial charge >= 0.3 is 0 Å². The molecule has 78 valence electrons. The van der Waals surface area contributed by atoms with Gasteiger partial charge in [-0.3, -0.25) is 0 Å². The Morgan fingerprint density at radius 2 is 2.46 bits per heavy atom. The predicted molar refractivity (Wildman–Crippen MR) is 60.0 cm³/mol. The molecule has 2 unspecified atom stereocenters. The molecule has 0 aliphatic carbocycles. The standard InChI is InChI=1S/C9H19O2PS/c1-3-8-4-6-11-9(8)5-7-12(2,10)13/h8-9H,3-7H2,1-2H3,(H,10,13)/t8?,9-,12?/m1/s1/i6T/t6-,8?,9+,12?/m0. The average molecular weight is 224 g/mol. The zero-order chi connectivity index (χ0) is 10.8. The lowest BCUT2D eigenvalue weighted by Crippen LogP contribution is -2.16. The maximum Gasteiger partial charge on any atom is 0.0608 e. The van der Waals surface area contributed by atoms with E-state index in [9.17, 15) is 4.89 Å². The summed E-state index contributed by atoms with van der Waals surface area (Å²) in [5, 5.41) is 0. The molecule has 1 aliphatic heterocycles. The summed E-state index contributed by atoms with van der Waals surface area (Å²) in [4.78, 5) is 9.53. The van der Waals surface area contributed by atoms with Crippen LogP contribution in [-0.2, 0) is 16.5 Å². The fraction of sp³-hybridized carbons (Fsp3) is 1.00. The maximum atomic E-state index is 9.53. The third-order valence-electron chi connectivity index (χ3n) is 2.55. The average Bonchev–Trinajstić information content (AvgIpc) is 2.41. The van der Waals surface area contributed by atoms with Crippen molar-refractivity contribution in [2.75, 3.05) is 19.4 Å². The first-order valence-corrected chi connectivity index (χ1v) is 8.18. The second-order valence-electron chi connectivity index (χ2n) is 3.81. The van der Waals surface area contributed by atoms with Crippen molar-refractivity contribution in [3.8, 4) is 0 Å². The molecule has 13 heavy (non-hydrogen) atoms. The molecule has 0 aromatic rings. The van der Waals surface area contributed by atoms with Gasteiger partial charge in [0.1, 0.15) is 0 Å². The van der Waals surface area contributed by atoms with Gasteiger partial charge in [-0.2, -0.15) is 0 Å². The number of hydrogen-bond acceptors (Lipinski definition) is 2. The van der Waals surface area contributed by atoms with E-state index in [4.69, 9.17) is 17.9 Å². The Hall–Kier alpha value is 0.570. The summed E-state index contributed by atoms with van der Waals surface area (Å²) in [6.07, 6.45) is 1.45. The summed E-state index contributed by atoms with van der Waals surface area (Å²) < 4.78 is 13.0. The highest BCUT2D eigenvalue weighted by Crippen LogP contribution is 2.39. The molecule has 1 aliphatic rings. The fourth-order valence-electron chi connectivity index (χ4n) is 1.67. The molecular weight excluding hydrogens is 203 g/mol. The van der Waals surface area contributed by atoms with Gasteiger partial charge in [0.2, 0.25) is 0 Å². The van der Waals surface area contributed by atoms with E-state index in [1.807, 2.05) is 0 Å². The van der Waals surface area contributed by atoms with E-state index in [1.165, 1.54) is 0 Å². The summed E-state index contributed by atoms with van der Waals surface area (Å²) >= 11 is 4.99. The van der Waals surface area contributed by atoms with Crippen LogP contribution in [0.5, 0.6) is 0 Å². The van der Waals surface area contributed by atoms with Crippen LogP contribution in [0.15, 0.2) is 0 Å². The van der Waals surface area contributed by atoms with E-state index in [-0.39, 0.29) is 12.7 Å². The number of ether oxygens (including phenoxy) is 1. The van der Waals surface area contributed by atoms with Gasteiger partial charge in [0.25, 0.3) is 0 Å². The van der Waals surface area contributed by atoms with Crippen LogP contribution in [0.3, 0.4) is 0 Å². The molecule has 2 nitrogen and oxygen atoms in total. The van der Waals surface area contributed by atoms with Crippen molar-refractivity contribution in [2.24, 2.45) is 5.92 Å². The van der Waals surface area contributed by atoms with Gasteiger partial charge in [-0.05, 0) is 25.4 Å². The molecule has 0 amide bonds. The van der Waals surface area contributed by atoms with Crippen molar-refractivity contribution in [1.29, 1.82) is 0 Å². The molecule has 1 rings (SSSR count). The summed E-state index contributed by atoms with van der Waals surface area (Å²) in [6, 6.07) is 0. The number of hydrogen-bond donors (Lipinski definition) is 1. The zero-order valence-corrected chi connectivity index (χ0v) is 9.98. The molecule has 0 saturated carbocycles. The van der Waals surface area contributed by atoms with Crippen LogP contribution < -0.4 is 0 Å². The molecule has 0 aromatic carbocycles. The van der Waals surface area contributed by atoms with Crippen LogP contribution >= 0.6 is 6.26 Å². The van der Waals surface area contributed by atoms with Crippen LogP contribution in [0.2, 0.25) is 0 Å². The van der Waals surface area contributed by atoms with Gasteiger partial charge in [-0.15, -0.1) is 0 Å². The largest absolute Gasteiger partial charge is 0.378 e. The molecule has 1 saturated heterocycles. The highest BCUT2D eigenvalue weighted by atomic mass is 32.4. The Morgan fingerprint density at radius 3 is 3.00 bits per heavy atom. The molecule has 0 aromatic heterocycles. The molecule has 0 bridgehead atoms. The van der Waals surface area contributed by atoms with Crippen LogP contribution in [0, 0.1) is 5.92 Å². The molecule has 4 atom stereocenters. The first-order valence-electron chi connectivity index (χ1n) is 5.37. The van der Waals surface area contributed by atoms with Gasteiger partial charge in [0, 0.05) is 12.7 Å². The van der Waals surface area contributed by atoms with Crippen LogP contribution in [0.4, 0.5) is 0 Å². The van der Waals surface area contributed by atoms with E-state index in [0.29, 0.717) is 12.1 Å². The first kappa shape index (κ1) is 10.1. The summed E-state index contributed by atoms with van der Waals surface area (Å²) in [5.74, 6) is 0.485. The summed E-state index contributed by atoms with van der Waals surface area (Å²) in [6.45, 7) is 3.51. The molecule has 4 heteroatoms. The minimum absolute atomic E-state index is 0.150. The molecule has 0 spiro atoms. The first-order chi connectivity index (χ1) is 6.42. The van der Waals surface area contributed by atoms with Gasteiger partial charge in [0.15, 0.2) is 0 Å². The summed E-state index contributed by atoms with van der Waals surface area (Å²) in [7, 11) is 0. The van der Waals surface area contributed by atoms with Crippen molar-refractivity contribution in [3.63, 3.8) is 0 Å². The Kier molecular flexibility index (Phi) is 3.79. The fourth-order valence-corrected chi connectivity index (χ4v) is 2.72. The third kappa shape index (κ3) is 4.07. The van der Waals surface area contributed by atoms with E-state index in [0.717, 1.165) is 19.3 Å². The van der Waals surface area contributed by atoms with E-state index < -0.39 is 6.26 Å². The monoisotopic (exact) mass is 224 g/mol. The topological polar surface area (TPSA) is 29.5 Å². The lowest BCUT2D eigenvalue weighted by Gasteiger charge is -2.18. The summed E-state index contributed by atoms with van der Waals surface area (Å²) in [5.41, 5.74) is 0. The Morgan fingerprint density at radius 1 is 1.77 bits per heavy atom. The second-order valence-corrected chi connectivity index (χ2v) is 8.72. The highest BCUT2D eigenvalue weighted by molar-refractivity contribution is 8.11. The van der Waals surface area contributed by atoms with Gasteiger partial charge < -0.3 is 9.63 Å². The maximum absolute atomic E-state index is 9.53. The minimum Gasteiger partial charge on any atom is -0.378 e. The SMILES string of the molecule is [3H][C@H]1CC(CC)[C@@H](CCP(C)(O)=S)O1. The third-order valence-corrected chi connectivity index (χ3v) is 4.18. The van der Waals surface area contributed by atoms with Crippen molar-refractivity contribution in [2.45, 2.75) is 32.3 Å². The van der Waals surface area contributed by atoms with Crippen molar-refractivity contribution >= 4 is 18.1 Å². The van der Waals surface area contributed by atoms with E-state index >= 15 is 0 Å². The lowest BCUT2D eigenvalue weighted by atomic mass is 9.97. The normalized spacial score (nSPS) is 39.9. The minimum atomic E-state index is -2.08. The second kappa shape index (κ2) is 4.88. The Labute approximate surface area is 87.2 Å². The van der Waals surface area contributed by atoms with Gasteiger partial charge in [-0.1, -0.05) is 25.2 Å². The van der Waals surface area contributed by atoms with Crippen molar-refractivity contribution in [1.82, 2.24) is 0 Å². The molecule has 0 radical (unpaired) electrons. The van der Waals surface area contributed by atoms with Crippen LogP contribution in [-0.4, -0.2) is 30.4 Å². The van der Waals surface area contributed by atoms with E-state index in [2.05, 4.69) is 6.92 Å². The van der Waals surface area contributed by atoms with Crippen molar-refractivity contribution in [3.05, 3.63) is 0 Å². The van der Waals surface area contributed by atoms with Gasteiger partial charge in [0.05, 0.1) is 13.7 Å². The lowest BCUT2D eigenvalue weighted by molar-refractivity contribution is 0.0871. The predicted octanol–water partition coefficient (Wildman–Crippen LogP) is 2.21. The number of rotatable bonds is 4. The van der Waals surface area contributed by atoms with Crippen LogP contribution in [0.1, 0.15) is 27.6 Å².